The molecule has 0 aromatic heterocycles. The summed E-state index contributed by atoms with van der Waals surface area (Å²) < 4.78 is 26.2. The lowest BCUT2D eigenvalue weighted by Crippen LogP contribution is -2.32. The van der Waals surface area contributed by atoms with Gasteiger partial charge < -0.3 is 10.2 Å². The number of rotatable bonds is 8. The lowest BCUT2D eigenvalue weighted by atomic mass is 10.2. The van der Waals surface area contributed by atoms with Gasteiger partial charge in [-0.15, -0.1) is 0 Å². The second kappa shape index (κ2) is 9.14. The van der Waals surface area contributed by atoms with Crippen LogP contribution in [0.3, 0.4) is 0 Å². The zero-order chi connectivity index (χ0) is 19.2. The number of likely N-dealkylation sites (tertiary alicyclic amines) is 1. The maximum Gasteiger partial charge on any atom is 0.251 e. The van der Waals surface area contributed by atoms with Crippen LogP contribution in [0, 0.1) is 0 Å². The van der Waals surface area contributed by atoms with Gasteiger partial charge in [0.05, 0.1) is 4.90 Å². The maximum absolute atomic E-state index is 12.4. The Morgan fingerprint density at radius 1 is 1.08 bits per heavy atom. The number of hydrogen-bond acceptors (Lipinski definition) is 4. The Bertz CT molecular complexity index is 721. The summed E-state index contributed by atoms with van der Waals surface area (Å²) in [7, 11) is -3.53. The quantitative estimate of drug-likeness (QED) is 0.739. The molecule has 1 aromatic carbocycles. The van der Waals surface area contributed by atoms with E-state index >= 15 is 0 Å². The summed E-state index contributed by atoms with van der Waals surface area (Å²) in [6, 6.07) is 5.87. The molecule has 0 unspecified atom stereocenters. The molecule has 144 valence electrons. The fraction of sp³-hybridized carbons (Fsp3) is 0.556. The molecule has 1 aromatic rings. The largest absolute Gasteiger partial charge is 0.352 e. The number of nitrogens with one attached hydrogen (secondary N) is 1. The van der Waals surface area contributed by atoms with Crippen molar-refractivity contribution >= 4 is 21.8 Å². The second-order valence-corrected chi connectivity index (χ2v) is 8.15. The minimum absolute atomic E-state index is 0.0588. The van der Waals surface area contributed by atoms with Crippen molar-refractivity contribution in [1.82, 2.24) is 14.5 Å². The van der Waals surface area contributed by atoms with Gasteiger partial charge in [0.25, 0.3) is 5.91 Å². The molecular formula is C18H27N3O4S. The molecule has 0 bridgehead atoms. The van der Waals surface area contributed by atoms with Gasteiger partial charge in [0.2, 0.25) is 15.9 Å². The predicted octanol–water partition coefficient (Wildman–Crippen LogP) is 1.46. The predicted molar refractivity (Wildman–Crippen MR) is 99.3 cm³/mol. The molecule has 1 aliphatic heterocycles. The van der Waals surface area contributed by atoms with Crippen LogP contribution in [-0.4, -0.2) is 62.2 Å². The zero-order valence-corrected chi connectivity index (χ0v) is 16.2. The minimum Gasteiger partial charge on any atom is -0.352 e. The van der Waals surface area contributed by atoms with Crippen LogP contribution >= 0.6 is 0 Å². The van der Waals surface area contributed by atoms with Crippen molar-refractivity contribution in [2.24, 2.45) is 0 Å². The van der Waals surface area contributed by atoms with Gasteiger partial charge in [-0.25, -0.2) is 8.42 Å². The van der Waals surface area contributed by atoms with Gasteiger partial charge in [0, 0.05) is 44.7 Å². The lowest BCUT2D eigenvalue weighted by molar-refractivity contribution is -0.129. The molecule has 0 aliphatic carbocycles. The average molecular weight is 381 g/mol. The van der Waals surface area contributed by atoms with Crippen LogP contribution in [0.25, 0.3) is 0 Å². The first kappa shape index (κ1) is 20.4. The molecule has 7 nitrogen and oxygen atoms in total. The Hall–Kier alpha value is -1.93. The van der Waals surface area contributed by atoms with Crippen molar-refractivity contribution in [2.45, 2.75) is 38.0 Å². The van der Waals surface area contributed by atoms with E-state index in [0.29, 0.717) is 18.7 Å². The number of sulfonamides is 1. The van der Waals surface area contributed by atoms with Crippen LogP contribution in [0.4, 0.5) is 0 Å². The molecule has 2 amide bonds. The van der Waals surface area contributed by atoms with E-state index in [1.165, 1.54) is 28.6 Å². The Balaban J connectivity index is 1.91. The van der Waals surface area contributed by atoms with Crippen molar-refractivity contribution in [3.05, 3.63) is 29.8 Å². The molecule has 0 spiro atoms. The molecule has 1 fully saturated rings. The van der Waals surface area contributed by atoms with E-state index in [-0.39, 0.29) is 29.7 Å². The molecule has 1 aliphatic rings. The first-order valence-electron chi connectivity index (χ1n) is 9.06. The first-order valence-corrected chi connectivity index (χ1v) is 10.5. The number of hydrogen-bond donors (Lipinski definition) is 1. The van der Waals surface area contributed by atoms with Gasteiger partial charge >= 0.3 is 0 Å². The normalized spacial score (nSPS) is 14.7. The van der Waals surface area contributed by atoms with E-state index in [4.69, 9.17) is 0 Å². The van der Waals surface area contributed by atoms with E-state index in [9.17, 15) is 18.0 Å². The Labute approximate surface area is 155 Å². The molecule has 8 heteroatoms. The molecule has 0 saturated carbocycles. The van der Waals surface area contributed by atoms with Gasteiger partial charge in [-0.2, -0.15) is 4.31 Å². The summed E-state index contributed by atoms with van der Waals surface area (Å²) in [5, 5.41) is 2.71. The molecule has 2 rings (SSSR count). The van der Waals surface area contributed by atoms with E-state index in [2.05, 4.69) is 5.32 Å². The lowest BCUT2D eigenvalue weighted by Gasteiger charge is -2.18. The summed E-state index contributed by atoms with van der Waals surface area (Å²) >= 11 is 0. The Morgan fingerprint density at radius 2 is 1.65 bits per heavy atom. The number of carbonyl (C=O) groups excluding carboxylic acids is 2. The molecule has 1 N–H and O–H groups in total. The van der Waals surface area contributed by atoms with Crippen LogP contribution in [0.15, 0.2) is 29.2 Å². The summed E-state index contributed by atoms with van der Waals surface area (Å²) in [5.74, 6) is -0.255. The number of carbonyl (C=O) groups is 2. The highest BCUT2D eigenvalue weighted by molar-refractivity contribution is 7.89. The summed E-state index contributed by atoms with van der Waals surface area (Å²) in [6.07, 6.45) is 2.36. The van der Waals surface area contributed by atoms with Crippen LogP contribution in [-0.2, 0) is 14.8 Å². The average Bonchev–Trinajstić information content (AvgIpc) is 3.17. The van der Waals surface area contributed by atoms with Crippen molar-refractivity contribution in [1.29, 1.82) is 0 Å². The van der Waals surface area contributed by atoms with Crippen molar-refractivity contribution in [3.8, 4) is 0 Å². The summed E-state index contributed by atoms with van der Waals surface area (Å²) in [4.78, 5) is 26.1. The highest BCUT2D eigenvalue weighted by Crippen LogP contribution is 2.16. The highest BCUT2D eigenvalue weighted by atomic mass is 32.2. The Kier molecular flexibility index (Phi) is 7.16. The summed E-state index contributed by atoms with van der Waals surface area (Å²) in [6.45, 7) is 6.23. The van der Waals surface area contributed by atoms with Gasteiger partial charge in [-0.05, 0) is 37.1 Å². The third kappa shape index (κ3) is 4.82. The van der Waals surface area contributed by atoms with Crippen LogP contribution in [0.2, 0.25) is 0 Å². The van der Waals surface area contributed by atoms with Gasteiger partial charge in [0.15, 0.2) is 0 Å². The fourth-order valence-electron chi connectivity index (χ4n) is 3.00. The molecule has 0 atom stereocenters. The molecular weight excluding hydrogens is 354 g/mol. The van der Waals surface area contributed by atoms with Crippen LogP contribution < -0.4 is 5.32 Å². The Morgan fingerprint density at radius 3 is 2.19 bits per heavy atom. The van der Waals surface area contributed by atoms with E-state index in [1.807, 2.05) is 4.90 Å². The van der Waals surface area contributed by atoms with Gasteiger partial charge in [-0.3, -0.25) is 9.59 Å². The van der Waals surface area contributed by atoms with Gasteiger partial charge in [0.1, 0.15) is 0 Å². The maximum atomic E-state index is 12.4. The van der Waals surface area contributed by atoms with E-state index in [1.54, 1.807) is 13.8 Å². The number of benzene rings is 1. The first-order chi connectivity index (χ1) is 12.4. The third-order valence-electron chi connectivity index (χ3n) is 4.54. The van der Waals surface area contributed by atoms with Crippen molar-refractivity contribution in [2.75, 3.05) is 32.7 Å². The van der Waals surface area contributed by atoms with Gasteiger partial charge in [-0.1, -0.05) is 13.8 Å². The SMILES string of the molecule is CCN(CC)S(=O)(=O)c1ccc(C(=O)NCCC(=O)N2CCCC2)cc1. The zero-order valence-electron chi connectivity index (χ0n) is 15.4. The van der Waals surface area contributed by atoms with E-state index < -0.39 is 10.0 Å². The summed E-state index contributed by atoms with van der Waals surface area (Å²) in [5.41, 5.74) is 0.372. The monoisotopic (exact) mass is 381 g/mol. The third-order valence-corrected chi connectivity index (χ3v) is 6.61. The highest BCUT2D eigenvalue weighted by Gasteiger charge is 2.22. The molecule has 26 heavy (non-hydrogen) atoms. The fourth-order valence-corrected chi connectivity index (χ4v) is 4.46. The second-order valence-electron chi connectivity index (χ2n) is 6.21. The minimum atomic E-state index is -3.53. The smallest absolute Gasteiger partial charge is 0.251 e. The molecule has 1 heterocycles. The number of nitrogens with zero attached hydrogens (tertiary/aromatic N) is 2. The van der Waals surface area contributed by atoms with Crippen LogP contribution in [0.1, 0.15) is 43.5 Å². The van der Waals surface area contributed by atoms with Crippen LogP contribution in [0.5, 0.6) is 0 Å². The molecule has 1 saturated heterocycles. The van der Waals surface area contributed by atoms with Crippen molar-refractivity contribution < 1.29 is 18.0 Å². The topological polar surface area (TPSA) is 86.8 Å². The molecule has 0 radical (unpaired) electrons. The van der Waals surface area contributed by atoms with E-state index in [0.717, 1.165) is 25.9 Å². The van der Waals surface area contributed by atoms with Crippen molar-refractivity contribution in [3.63, 3.8) is 0 Å². The standard InChI is InChI=1S/C18H27N3O4S/c1-3-21(4-2)26(24,25)16-9-7-15(8-10-16)18(23)19-12-11-17(22)20-13-5-6-14-20/h7-10H,3-6,11-14H2,1-2H3,(H,19,23). The number of amides is 2.